The van der Waals surface area contributed by atoms with E-state index in [1.807, 2.05) is 29.3 Å². The number of likely N-dealkylation sites (tertiary alicyclic amines) is 1. The maximum atomic E-state index is 12.3. The number of Topliss-reactive ketones (excluding diaryl/α,β-unsaturated/α-hetero) is 1. The molecule has 2 rings (SSSR count). The molecule has 122 valence electrons. The van der Waals surface area contributed by atoms with E-state index in [1.165, 1.54) is 11.3 Å². The lowest BCUT2D eigenvalue weighted by molar-refractivity contribution is -0.133. The minimum atomic E-state index is 0.149. The second-order valence-corrected chi connectivity index (χ2v) is 6.71. The average molecular weight is 323 g/mol. The summed E-state index contributed by atoms with van der Waals surface area (Å²) in [5.41, 5.74) is 0. The summed E-state index contributed by atoms with van der Waals surface area (Å²) in [5, 5.41) is 1.91. The number of hydrogen-bond donors (Lipinski definition) is 0. The first-order chi connectivity index (χ1) is 10.7. The highest BCUT2D eigenvalue weighted by atomic mass is 32.1. The van der Waals surface area contributed by atoms with Crippen molar-refractivity contribution >= 4 is 23.0 Å². The zero-order chi connectivity index (χ0) is 15.8. The molecule has 1 atom stereocenters. The van der Waals surface area contributed by atoms with E-state index in [9.17, 15) is 9.59 Å². The second-order valence-electron chi connectivity index (χ2n) is 5.76. The van der Waals surface area contributed by atoms with Gasteiger partial charge in [0, 0.05) is 32.5 Å². The third-order valence-electron chi connectivity index (χ3n) is 4.02. The predicted molar refractivity (Wildman–Crippen MR) is 88.3 cm³/mol. The monoisotopic (exact) mass is 323 g/mol. The highest BCUT2D eigenvalue weighted by Gasteiger charge is 2.23. The zero-order valence-electron chi connectivity index (χ0n) is 13.3. The standard InChI is InChI=1S/C17H25NO3S/c1-2-21-13-14-6-4-10-18(12-14)17(20)9-3-7-15(19)16-8-5-11-22-16/h5,8,11,14H,2-4,6-7,9-10,12-13H2,1H3. The molecule has 22 heavy (non-hydrogen) atoms. The SMILES string of the molecule is CCOCC1CCCN(C(=O)CCCC(=O)c2cccs2)C1. The second kappa shape index (κ2) is 9.06. The van der Waals surface area contributed by atoms with E-state index >= 15 is 0 Å². The minimum Gasteiger partial charge on any atom is -0.381 e. The van der Waals surface area contributed by atoms with Crippen molar-refractivity contribution in [1.29, 1.82) is 0 Å². The summed E-state index contributed by atoms with van der Waals surface area (Å²) in [6.07, 6.45) is 3.77. The molecule has 0 aromatic carbocycles. The van der Waals surface area contributed by atoms with Gasteiger partial charge in [0.25, 0.3) is 0 Å². The van der Waals surface area contributed by atoms with Crippen LogP contribution in [0, 0.1) is 5.92 Å². The van der Waals surface area contributed by atoms with E-state index in [0.29, 0.717) is 25.2 Å². The van der Waals surface area contributed by atoms with Crippen LogP contribution in [0.25, 0.3) is 0 Å². The predicted octanol–water partition coefficient (Wildman–Crippen LogP) is 3.38. The van der Waals surface area contributed by atoms with Gasteiger partial charge in [0.05, 0.1) is 11.5 Å². The van der Waals surface area contributed by atoms with Crippen LogP contribution in [-0.4, -0.2) is 42.9 Å². The van der Waals surface area contributed by atoms with Crippen molar-refractivity contribution in [2.45, 2.75) is 39.0 Å². The van der Waals surface area contributed by atoms with Gasteiger partial charge in [0.15, 0.2) is 5.78 Å². The summed E-state index contributed by atoms with van der Waals surface area (Å²) in [4.78, 5) is 26.9. The van der Waals surface area contributed by atoms with E-state index in [-0.39, 0.29) is 11.7 Å². The third kappa shape index (κ3) is 5.21. The fourth-order valence-corrected chi connectivity index (χ4v) is 3.53. The number of thiophene rings is 1. The van der Waals surface area contributed by atoms with E-state index in [1.54, 1.807) is 0 Å². The van der Waals surface area contributed by atoms with Gasteiger partial charge in [-0.3, -0.25) is 9.59 Å². The lowest BCUT2D eigenvalue weighted by Gasteiger charge is -2.32. The molecular formula is C17H25NO3S. The molecule has 0 spiro atoms. The third-order valence-corrected chi connectivity index (χ3v) is 4.93. The summed E-state index contributed by atoms with van der Waals surface area (Å²) < 4.78 is 5.47. The fourth-order valence-electron chi connectivity index (χ4n) is 2.83. The molecule has 1 saturated heterocycles. The molecule has 1 aliphatic rings. The Morgan fingerprint density at radius 2 is 2.27 bits per heavy atom. The molecule has 0 bridgehead atoms. The molecule has 0 aliphatic carbocycles. The highest BCUT2D eigenvalue weighted by Crippen LogP contribution is 2.19. The van der Waals surface area contributed by atoms with Crippen molar-refractivity contribution in [3.8, 4) is 0 Å². The van der Waals surface area contributed by atoms with Crippen LogP contribution in [0.3, 0.4) is 0 Å². The number of piperidine rings is 1. The van der Waals surface area contributed by atoms with Crippen LogP contribution in [0.2, 0.25) is 0 Å². The summed E-state index contributed by atoms with van der Waals surface area (Å²) >= 11 is 1.47. The summed E-state index contributed by atoms with van der Waals surface area (Å²) in [5.74, 6) is 0.793. The average Bonchev–Trinajstić information content (AvgIpc) is 3.07. The molecule has 1 fully saturated rings. The van der Waals surface area contributed by atoms with Crippen LogP contribution in [-0.2, 0) is 9.53 Å². The van der Waals surface area contributed by atoms with Gasteiger partial charge in [-0.05, 0) is 43.6 Å². The topological polar surface area (TPSA) is 46.6 Å². The van der Waals surface area contributed by atoms with Gasteiger partial charge in [-0.1, -0.05) is 6.07 Å². The van der Waals surface area contributed by atoms with Crippen LogP contribution in [0.5, 0.6) is 0 Å². The Labute approximate surface area is 136 Å². The first-order valence-electron chi connectivity index (χ1n) is 8.13. The number of hydrogen-bond acceptors (Lipinski definition) is 4. The number of ketones is 1. The molecule has 0 saturated carbocycles. The lowest BCUT2D eigenvalue weighted by atomic mass is 9.98. The van der Waals surface area contributed by atoms with Crippen molar-refractivity contribution in [3.63, 3.8) is 0 Å². The fraction of sp³-hybridized carbons (Fsp3) is 0.647. The number of nitrogens with zero attached hydrogens (tertiary/aromatic N) is 1. The number of carbonyl (C=O) groups excluding carboxylic acids is 2. The Balaban J connectivity index is 1.69. The summed E-state index contributed by atoms with van der Waals surface area (Å²) in [6.45, 7) is 5.13. The Kier molecular flexibility index (Phi) is 7.06. The molecular weight excluding hydrogens is 298 g/mol. The van der Waals surface area contributed by atoms with Crippen LogP contribution in [0.15, 0.2) is 17.5 Å². The minimum absolute atomic E-state index is 0.149. The highest BCUT2D eigenvalue weighted by molar-refractivity contribution is 7.12. The van der Waals surface area contributed by atoms with Crippen molar-refractivity contribution in [1.82, 2.24) is 4.90 Å². The molecule has 2 heterocycles. The quantitative estimate of drug-likeness (QED) is 0.689. The van der Waals surface area contributed by atoms with Crippen LogP contribution >= 0.6 is 11.3 Å². The lowest BCUT2D eigenvalue weighted by Crippen LogP contribution is -2.41. The number of rotatable bonds is 8. The number of ether oxygens (including phenoxy) is 1. The van der Waals surface area contributed by atoms with Crippen LogP contribution < -0.4 is 0 Å². The number of carbonyl (C=O) groups is 2. The number of amides is 1. The first-order valence-corrected chi connectivity index (χ1v) is 9.01. The molecule has 1 amide bonds. The van der Waals surface area contributed by atoms with Crippen LogP contribution in [0.1, 0.15) is 48.7 Å². The van der Waals surface area contributed by atoms with Crippen molar-refractivity contribution in [2.24, 2.45) is 5.92 Å². The Morgan fingerprint density at radius 1 is 1.41 bits per heavy atom. The Hall–Kier alpha value is -1.20. The molecule has 1 aromatic rings. The summed E-state index contributed by atoms with van der Waals surface area (Å²) in [7, 11) is 0. The smallest absolute Gasteiger partial charge is 0.222 e. The van der Waals surface area contributed by atoms with Gasteiger partial charge in [0.1, 0.15) is 0 Å². The van der Waals surface area contributed by atoms with Crippen molar-refractivity contribution < 1.29 is 14.3 Å². The Morgan fingerprint density at radius 3 is 3.00 bits per heavy atom. The normalized spacial score (nSPS) is 18.4. The molecule has 0 N–H and O–H groups in total. The van der Waals surface area contributed by atoms with Crippen molar-refractivity contribution in [2.75, 3.05) is 26.3 Å². The van der Waals surface area contributed by atoms with Gasteiger partial charge in [-0.25, -0.2) is 0 Å². The van der Waals surface area contributed by atoms with Gasteiger partial charge in [0.2, 0.25) is 5.91 Å². The molecule has 1 unspecified atom stereocenters. The Bertz CT molecular complexity index is 472. The zero-order valence-corrected chi connectivity index (χ0v) is 14.1. The molecule has 1 aromatic heterocycles. The van der Waals surface area contributed by atoms with Crippen LogP contribution in [0.4, 0.5) is 0 Å². The summed E-state index contributed by atoms with van der Waals surface area (Å²) in [6, 6.07) is 3.73. The largest absolute Gasteiger partial charge is 0.381 e. The van der Waals surface area contributed by atoms with Gasteiger partial charge in [-0.2, -0.15) is 0 Å². The van der Waals surface area contributed by atoms with Crippen molar-refractivity contribution in [3.05, 3.63) is 22.4 Å². The molecule has 4 nitrogen and oxygen atoms in total. The van der Waals surface area contributed by atoms with Gasteiger partial charge in [-0.15, -0.1) is 11.3 Å². The molecule has 5 heteroatoms. The van der Waals surface area contributed by atoms with Gasteiger partial charge < -0.3 is 9.64 Å². The van der Waals surface area contributed by atoms with E-state index in [2.05, 4.69) is 0 Å². The van der Waals surface area contributed by atoms with E-state index in [4.69, 9.17) is 4.74 Å². The molecule has 0 radical (unpaired) electrons. The van der Waals surface area contributed by atoms with E-state index < -0.39 is 0 Å². The first kappa shape index (κ1) is 17.2. The maximum Gasteiger partial charge on any atom is 0.222 e. The van der Waals surface area contributed by atoms with Gasteiger partial charge >= 0.3 is 0 Å². The van der Waals surface area contributed by atoms with E-state index in [0.717, 1.165) is 44.0 Å². The maximum absolute atomic E-state index is 12.3. The molecule has 1 aliphatic heterocycles.